The van der Waals surface area contributed by atoms with Crippen LogP contribution in [0.2, 0.25) is 0 Å². The first kappa shape index (κ1) is 13.0. The summed E-state index contributed by atoms with van der Waals surface area (Å²) in [6.45, 7) is 2.82. The summed E-state index contributed by atoms with van der Waals surface area (Å²) in [6, 6.07) is -0.235. The van der Waals surface area contributed by atoms with Crippen molar-refractivity contribution in [1.82, 2.24) is 10.6 Å². The molecule has 1 aliphatic rings. The monoisotopic (exact) mass is 224 g/mol. The predicted molar refractivity (Wildman–Crippen MR) is 62.9 cm³/mol. The molecule has 0 bridgehead atoms. The van der Waals surface area contributed by atoms with E-state index < -0.39 is 0 Å². The summed E-state index contributed by atoms with van der Waals surface area (Å²) in [4.78, 5) is 11.5. The number of carbonyl (C=O) groups excluding carboxylic acids is 1. The van der Waals surface area contributed by atoms with Crippen LogP contribution in [0, 0.1) is 12.3 Å². The molecular formula is C12H20N2O2. The summed E-state index contributed by atoms with van der Waals surface area (Å²) in [7, 11) is 1.73. The number of hydrogen-bond acceptors (Lipinski definition) is 3. The molecule has 1 rings (SSSR count). The predicted octanol–water partition coefficient (Wildman–Crippen LogP) is 0.283. The van der Waals surface area contributed by atoms with Gasteiger partial charge in [-0.25, -0.2) is 0 Å². The van der Waals surface area contributed by atoms with Crippen molar-refractivity contribution in [3.63, 3.8) is 0 Å². The third-order valence-electron chi connectivity index (χ3n) is 3.19. The number of amides is 1. The van der Waals surface area contributed by atoms with E-state index in [-0.39, 0.29) is 24.1 Å². The summed E-state index contributed by atoms with van der Waals surface area (Å²) >= 11 is 0. The molecule has 90 valence electrons. The second-order valence-corrected chi connectivity index (χ2v) is 4.27. The Balaban J connectivity index is 2.26. The Labute approximate surface area is 97.1 Å². The van der Waals surface area contributed by atoms with E-state index in [1.165, 1.54) is 6.42 Å². The molecule has 0 heterocycles. The highest BCUT2D eigenvalue weighted by Crippen LogP contribution is 2.34. The Morgan fingerprint density at radius 2 is 2.31 bits per heavy atom. The van der Waals surface area contributed by atoms with Crippen LogP contribution in [0.25, 0.3) is 0 Å². The molecule has 1 aliphatic carbocycles. The van der Waals surface area contributed by atoms with E-state index in [2.05, 4.69) is 16.6 Å². The molecule has 0 aromatic rings. The molecule has 0 radical (unpaired) electrons. The number of ether oxygens (including phenoxy) is 1. The molecule has 1 amide bonds. The highest BCUT2D eigenvalue weighted by atomic mass is 16.5. The van der Waals surface area contributed by atoms with Gasteiger partial charge in [-0.15, -0.1) is 6.42 Å². The SMILES string of the molecule is C#CCNC(=O)C(C)NCC1(OC)CCC1. The third kappa shape index (κ3) is 3.22. The van der Waals surface area contributed by atoms with Crippen LogP contribution in [-0.2, 0) is 9.53 Å². The van der Waals surface area contributed by atoms with Crippen molar-refractivity contribution in [2.45, 2.75) is 37.8 Å². The molecule has 0 saturated heterocycles. The molecule has 16 heavy (non-hydrogen) atoms. The number of nitrogens with one attached hydrogen (secondary N) is 2. The third-order valence-corrected chi connectivity index (χ3v) is 3.19. The quantitative estimate of drug-likeness (QED) is 0.637. The van der Waals surface area contributed by atoms with Crippen LogP contribution in [0.15, 0.2) is 0 Å². The van der Waals surface area contributed by atoms with E-state index in [4.69, 9.17) is 11.2 Å². The molecule has 0 aliphatic heterocycles. The fourth-order valence-electron chi connectivity index (χ4n) is 1.75. The molecule has 1 unspecified atom stereocenters. The van der Waals surface area contributed by atoms with E-state index >= 15 is 0 Å². The van der Waals surface area contributed by atoms with Crippen LogP contribution in [0.1, 0.15) is 26.2 Å². The number of methoxy groups -OCH3 is 1. The van der Waals surface area contributed by atoms with Crippen LogP contribution in [0.5, 0.6) is 0 Å². The standard InChI is InChI=1S/C12H20N2O2/c1-4-8-13-11(15)10(2)14-9-12(16-3)6-5-7-12/h1,10,14H,5-9H2,2-3H3,(H,13,15). The van der Waals surface area contributed by atoms with Crippen LogP contribution >= 0.6 is 0 Å². The van der Waals surface area contributed by atoms with Crippen LogP contribution in [-0.4, -0.2) is 37.7 Å². The van der Waals surface area contributed by atoms with Gasteiger partial charge < -0.3 is 15.4 Å². The van der Waals surface area contributed by atoms with Crippen LogP contribution in [0.4, 0.5) is 0 Å². The second kappa shape index (κ2) is 5.88. The average Bonchev–Trinajstić information content (AvgIpc) is 2.24. The minimum Gasteiger partial charge on any atom is -0.377 e. The van der Waals surface area contributed by atoms with E-state index in [1.54, 1.807) is 7.11 Å². The molecule has 1 saturated carbocycles. The van der Waals surface area contributed by atoms with Crippen molar-refractivity contribution in [2.24, 2.45) is 0 Å². The first-order valence-corrected chi connectivity index (χ1v) is 5.63. The number of terminal acetylenes is 1. The van der Waals surface area contributed by atoms with Crippen molar-refractivity contribution >= 4 is 5.91 Å². The number of rotatable bonds is 6. The van der Waals surface area contributed by atoms with Crippen LogP contribution < -0.4 is 10.6 Å². The average molecular weight is 224 g/mol. The van der Waals surface area contributed by atoms with Crippen molar-refractivity contribution in [3.05, 3.63) is 0 Å². The molecule has 0 aromatic carbocycles. The summed E-state index contributed by atoms with van der Waals surface area (Å²) in [5.41, 5.74) is -0.0549. The molecule has 1 fully saturated rings. The summed E-state index contributed by atoms with van der Waals surface area (Å²) in [5, 5.41) is 5.82. The van der Waals surface area contributed by atoms with Gasteiger partial charge in [0.25, 0.3) is 0 Å². The Morgan fingerprint density at radius 3 is 2.75 bits per heavy atom. The van der Waals surface area contributed by atoms with Gasteiger partial charge in [0.2, 0.25) is 5.91 Å². The topological polar surface area (TPSA) is 50.4 Å². The molecule has 4 heteroatoms. The Morgan fingerprint density at radius 1 is 1.62 bits per heavy atom. The smallest absolute Gasteiger partial charge is 0.237 e. The van der Waals surface area contributed by atoms with Gasteiger partial charge in [0.15, 0.2) is 0 Å². The van der Waals surface area contributed by atoms with Gasteiger partial charge in [0.05, 0.1) is 18.2 Å². The van der Waals surface area contributed by atoms with Gasteiger partial charge in [0.1, 0.15) is 0 Å². The summed E-state index contributed by atoms with van der Waals surface area (Å²) < 4.78 is 5.46. The lowest BCUT2D eigenvalue weighted by atomic mass is 9.80. The van der Waals surface area contributed by atoms with Gasteiger partial charge in [-0.3, -0.25) is 4.79 Å². The van der Waals surface area contributed by atoms with E-state index in [1.807, 2.05) is 6.92 Å². The molecule has 0 spiro atoms. The van der Waals surface area contributed by atoms with Crippen molar-refractivity contribution in [3.8, 4) is 12.3 Å². The molecule has 1 atom stereocenters. The van der Waals surface area contributed by atoms with Crippen LogP contribution in [0.3, 0.4) is 0 Å². The number of carbonyl (C=O) groups is 1. The van der Waals surface area contributed by atoms with Crippen molar-refractivity contribution in [1.29, 1.82) is 0 Å². The maximum Gasteiger partial charge on any atom is 0.237 e. The Kier molecular flexibility index (Phi) is 4.78. The fourth-order valence-corrected chi connectivity index (χ4v) is 1.75. The molecule has 2 N–H and O–H groups in total. The minimum absolute atomic E-state index is 0.0549. The molecule has 4 nitrogen and oxygen atoms in total. The molecular weight excluding hydrogens is 204 g/mol. The zero-order valence-electron chi connectivity index (χ0n) is 10.0. The van der Waals surface area contributed by atoms with Gasteiger partial charge in [-0.2, -0.15) is 0 Å². The minimum atomic E-state index is -0.235. The zero-order chi connectivity index (χ0) is 12.0. The van der Waals surface area contributed by atoms with E-state index in [9.17, 15) is 4.79 Å². The first-order valence-electron chi connectivity index (χ1n) is 5.63. The first-order chi connectivity index (χ1) is 7.63. The van der Waals surface area contributed by atoms with Gasteiger partial charge in [0, 0.05) is 13.7 Å². The lowest BCUT2D eigenvalue weighted by molar-refractivity contribution is -0.123. The maximum atomic E-state index is 11.5. The molecule has 0 aromatic heterocycles. The van der Waals surface area contributed by atoms with E-state index in [0.717, 1.165) is 12.8 Å². The highest BCUT2D eigenvalue weighted by Gasteiger charge is 2.37. The van der Waals surface area contributed by atoms with Gasteiger partial charge in [-0.05, 0) is 26.2 Å². The van der Waals surface area contributed by atoms with Crippen molar-refractivity contribution < 1.29 is 9.53 Å². The lowest BCUT2D eigenvalue weighted by Crippen LogP contribution is -2.52. The van der Waals surface area contributed by atoms with Crippen molar-refractivity contribution in [2.75, 3.05) is 20.2 Å². The Hall–Kier alpha value is -1.05. The van der Waals surface area contributed by atoms with Gasteiger partial charge in [-0.1, -0.05) is 5.92 Å². The van der Waals surface area contributed by atoms with E-state index in [0.29, 0.717) is 6.54 Å². The summed E-state index contributed by atoms with van der Waals surface area (Å²) in [5.74, 6) is 2.31. The largest absolute Gasteiger partial charge is 0.377 e. The zero-order valence-corrected chi connectivity index (χ0v) is 10.0. The van der Waals surface area contributed by atoms with Gasteiger partial charge >= 0.3 is 0 Å². The normalized spacial score (nSPS) is 19.3. The second-order valence-electron chi connectivity index (χ2n) is 4.27. The number of hydrogen-bond donors (Lipinski definition) is 2. The fraction of sp³-hybridized carbons (Fsp3) is 0.750. The summed E-state index contributed by atoms with van der Waals surface area (Å²) in [6.07, 6.45) is 8.40. The highest BCUT2D eigenvalue weighted by molar-refractivity contribution is 5.81. The lowest BCUT2D eigenvalue weighted by Gasteiger charge is -2.41. The Bertz CT molecular complexity index is 274. The maximum absolute atomic E-state index is 11.5.